The number of hydrogen-bond donors (Lipinski definition) is 1. The largest absolute Gasteiger partial charge is 0.346 e. The molecule has 122 valence electrons. The lowest BCUT2D eigenvalue weighted by Gasteiger charge is -2.02. The molecule has 2 aromatic carbocycles. The van der Waals surface area contributed by atoms with E-state index in [0.717, 1.165) is 10.5 Å². The van der Waals surface area contributed by atoms with Crippen LogP contribution in [0.1, 0.15) is 5.89 Å². The first kappa shape index (κ1) is 16.5. The van der Waals surface area contributed by atoms with Crippen molar-refractivity contribution in [1.29, 1.82) is 0 Å². The SMILES string of the molecule is O=C(CSc1ccccc1)NCc1nc(-c2cccc(Cl)c2)no1. The Bertz CT molecular complexity index is 823. The van der Waals surface area contributed by atoms with E-state index < -0.39 is 0 Å². The van der Waals surface area contributed by atoms with Crippen LogP contribution in [0, 0.1) is 0 Å². The van der Waals surface area contributed by atoms with Gasteiger partial charge in [-0.3, -0.25) is 4.79 Å². The lowest BCUT2D eigenvalue weighted by atomic mass is 10.2. The smallest absolute Gasteiger partial charge is 0.246 e. The number of aromatic nitrogens is 2. The zero-order valence-electron chi connectivity index (χ0n) is 12.6. The molecule has 3 rings (SSSR count). The highest BCUT2D eigenvalue weighted by atomic mass is 35.5. The van der Waals surface area contributed by atoms with Crippen molar-refractivity contribution in [3.8, 4) is 11.4 Å². The number of thioether (sulfide) groups is 1. The molecule has 1 amide bonds. The van der Waals surface area contributed by atoms with Crippen LogP contribution < -0.4 is 5.32 Å². The Morgan fingerprint density at radius 3 is 2.79 bits per heavy atom. The predicted molar refractivity (Wildman–Crippen MR) is 93.8 cm³/mol. The maximum absolute atomic E-state index is 11.9. The number of hydrogen-bond acceptors (Lipinski definition) is 5. The average molecular weight is 360 g/mol. The molecule has 3 aromatic rings. The van der Waals surface area contributed by atoms with Crippen LogP contribution in [0.25, 0.3) is 11.4 Å². The van der Waals surface area contributed by atoms with Gasteiger partial charge in [-0.15, -0.1) is 11.8 Å². The summed E-state index contributed by atoms with van der Waals surface area (Å²) in [5, 5.41) is 7.26. The second kappa shape index (κ2) is 7.99. The summed E-state index contributed by atoms with van der Waals surface area (Å²) in [5.74, 6) is 1.04. The van der Waals surface area contributed by atoms with Crippen molar-refractivity contribution >= 4 is 29.3 Å². The average Bonchev–Trinajstić information content (AvgIpc) is 3.08. The lowest BCUT2D eigenvalue weighted by Crippen LogP contribution is -2.24. The van der Waals surface area contributed by atoms with Gasteiger partial charge in [-0.2, -0.15) is 4.98 Å². The number of carbonyl (C=O) groups is 1. The number of nitrogens with zero attached hydrogens (tertiary/aromatic N) is 2. The number of halogens is 1. The van der Waals surface area contributed by atoms with Gasteiger partial charge in [0.2, 0.25) is 17.6 Å². The van der Waals surface area contributed by atoms with Crippen molar-refractivity contribution in [2.24, 2.45) is 0 Å². The van der Waals surface area contributed by atoms with Crippen molar-refractivity contribution in [2.45, 2.75) is 11.4 Å². The van der Waals surface area contributed by atoms with E-state index >= 15 is 0 Å². The molecule has 1 aromatic heterocycles. The van der Waals surface area contributed by atoms with Crippen LogP contribution in [-0.4, -0.2) is 21.8 Å². The minimum atomic E-state index is -0.0913. The van der Waals surface area contributed by atoms with Crippen molar-refractivity contribution in [1.82, 2.24) is 15.5 Å². The topological polar surface area (TPSA) is 68.0 Å². The molecule has 0 bridgehead atoms. The van der Waals surface area contributed by atoms with Crippen LogP contribution in [0.3, 0.4) is 0 Å². The molecule has 5 nitrogen and oxygen atoms in total. The fraction of sp³-hybridized carbons (Fsp3) is 0.118. The third-order valence-corrected chi connectivity index (χ3v) is 4.35. The van der Waals surface area contributed by atoms with Crippen LogP contribution in [0.15, 0.2) is 64.0 Å². The van der Waals surface area contributed by atoms with E-state index in [1.807, 2.05) is 42.5 Å². The highest BCUT2D eigenvalue weighted by Crippen LogP contribution is 2.20. The zero-order valence-corrected chi connectivity index (χ0v) is 14.2. The molecule has 0 fully saturated rings. The van der Waals surface area contributed by atoms with Crippen LogP contribution in [0.2, 0.25) is 5.02 Å². The Morgan fingerprint density at radius 1 is 1.17 bits per heavy atom. The van der Waals surface area contributed by atoms with E-state index in [0.29, 0.717) is 22.5 Å². The van der Waals surface area contributed by atoms with Crippen molar-refractivity contribution in [3.05, 3.63) is 65.5 Å². The summed E-state index contributed by atoms with van der Waals surface area (Å²) in [6, 6.07) is 16.9. The summed E-state index contributed by atoms with van der Waals surface area (Å²) in [6.07, 6.45) is 0. The monoisotopic (exact) mass is 359 g/mol. The summed E-state index contributed by atoms with van der Waals surface area (Å²) in [4.78, 5) is 17.2. The van der Waals surface area contributed by atoms with E-state index in [2.05, 4.69) is 15.5 Å². The summed E-state index contributed by atoms with van der Waals surface area (Å²) in [5.41, 5.74) is 0.767. The van der Waals surface area contributed by atoms with Crippen molar-refractivity contribution in [2.75, 3.05) is 5.75 Å². The standard InChI is InChI=1S/C17H14ClN3O2S/c18-13-6-4-5-12(9-13)17-20-16(23-21-17)10-19-15(22)11-24-14-7-2-1-3-8-14/h1-9H,10-11H2,(H,19,22). The fourth-order valence-corrected chi connectivity index (χ4v) is 2.90. The van der Waals surface area contributed by atoms with Gasteiger partial charge in [0, 0.05) is 15.5 Å². The number of carbonyl (C=O) groups excluding carboxylic acids is 1. The molecule has 0 unspecified atom stereocenters. The molecule has 0 saturated carbocycles. The third kappa shape index (κ3) is 4.59. The molecule has 1 N–H and O–H groups in total. The molecule has 7 heteroatoms. The minimum Gasteiger partial charge on any atom is -0.346 e. The van der Waals surface area contributed by atoms with Gasteiger partial charge in [0.1, 0.15) is 0 Å². The molecule has 24 heavy (non-hydrogen) atoms. The zero-order chi connectivity index (χ0) is 16.8. The summed E-state index contributed by atoms with van der Waals surface area (Å²) < 4.78 is 5.15. The summed E-state index contributed by atoms with van der Waals surface area (Å²) in [7, 11) is 0. The van der Waals surface area contributed by atoms with Crippen LogP contribution in [-0.2, 0) is 11.3 Å². The highest BCUT2D eigenvalue weighted by molar-refractivity contribution is 8.00. The Morgan fingerprint density at radius 2 is 2.00 bits per heavy atom. The van der Waals surface area contributed by atoms with E-state index in [1.165, 1.54) is 11.8 Å². The first-order chi connectivity index (χ1) is 11.7. The van der Waals surface area contributed by atoms with Gasteiger partial charge in [-0.1, -0.05) is 47.1 Å². The molecule has 0 saturated heterocycles. The molecule has 0 aliphatic heterocycles. The second-order valence-electron chi connectivity index (χ2n) is 4.90. The molecule has 1 heterocycles. The number of amides is 1. The first-order valence-electron chi connectivity index (χ1n) is 7.24. The van der Waals surface area contributed by atoms with Crippen LogP contribution in [0.4, 0.5) is 0 Å². The molecular weight excluding hydrogens is 346 g/mol. The minimum absolute atomic E-state index is 0.0913. The normalized spacial score (nSPS) is 10.5. The van der Waals surface area contributed by atoms with E-state index in [-0.39, 0.29) is 12.5 Å². The van der Waals surface area contributed by atoms with Crippen molar-refractivity contribution < 1.29 is 9.32 Å². The predicted octanol–water partition coefficient (Wildman–Crippen LogP) is 3.80. The van der Waals surface area contributed by atoms with Crippen LogP contribution in [0.5, 0.6) is 0 Å². The van der Waals surface area contributed by atoms with Gasteiger partial charge in [-0.05, 0) is 24.3 Å². The Labute approximate surface area is 148 Å². The maximum Gasteiger partial charge on any atom is 0.246 e. The Kier molecular flexibility index (Phi) is 5.51. The molecule has 0 spiro atoms. The second-order valence-corrected chi connectivity index (χ2v) is 6.39. The molecular formula is C17H14ClN3O2S. The van der Waals surface area contributed by atoms with Gasteiger partial charge in [-0.25, -0.2) is 0 Å². The Balaban J connectivity index is 1.51. The molecule has 0 radical (unpaired) electrons. The third-order valence-electron chi connectivity index (χ3n) is 3.10. The molecule has 0 aliphatic carbocycles. The maximum atomic E-state index is 11.9. The number of rotatable bonds is 6. The lowest BCUT2D eigenvalue weighted by molar-refractivity contribution is -0.118. The van der Waals surface area contributed by atoms with Gasteiger partial charge in [0.15, 0.2) is 0 Å². The summed E-state index contributed by atoms with van der Waals surface area (Å²) >= 11 is 7.42. The Hall–Kier alpha value is -2.31. The highest BCUT2D eigenvalue weighted by Gasteiger charge is 2.10. The molecule has 0 atom stereocenters. The van der Waals surface area contributed by atoms with Crippen molar-refractivity contribution in [3.63, 3.8) is 0 Å². The number of nitrogens with one attached hydrogen (secondary N) is 1. The quantitative estimate of drug-likeness (QED) is 0.678. The first-order valence-corrected chi connectivity index (χ1v) is 8.60. The molecule has 0 aliphatic rings. The van der Waals surface area contributed by atoms with Gasteiger partial charge >= 0.3 is 0 Å². The van der Waals surface area contributed by atoms with E-state index in [4.69, 9.17) is 16.1 Å². The van der Waals surface area contributed by atoms with Gasteiger partial charge in [0.05, 0.1) is 12.3 Å². The summed E-state index contributed by atoms with van der Waals surface area (Å²) in [6.45, 7) is 0.196. The van der Waals surface area contributed by atoms with E-state index in [1.54, 1.807) is 12.1 Å². The fourth-order valence-electron chi connectivity index (χ4n) is 1.96. The number of benzene rings is 2. The van der Waals surface area contributed by atoms with Gasteiger partial charge < -0.3 is 9.84 Å². The van der Waals surface area contributed by atoms with Crippen LogP contribution >= 0.6 is 23.4 Å². The van der Waals surface area contributed by atoms with E-state index in [9.17, 15) is 4.79 Å². The van der Waals surface area contributed by atoms with Gasteiger partial charge in [0.25, 0.3) is 0 Å².